The predicted octanol–water partition coefficient (Wildman–Crippen LogP) is 6.27. The van der Waals surface area contributed by atoms with Crippen LogP contribution in [0, 0.1) is 0 Å². The summed E-state index contributed by atoms with van der Waals surface area (Å²) in [6.45, 7) is 4.59. The molecule has 0 fully saturated rings. The van der Waals surface area contributed by atoms with Crippen LogP contribution in [0.15, 0.2) is 36.4 Å². The zero-order valence-electron chi connectivity index (χ0n) is 13.9. The molecule has 0 radical (unpaired) electrons. The van der Waals surface area contributed by atoms with Crippen molar-refractivity contribution < 1.29 is 0 Å². The number of fused-ring (bicyclic) bond motifs is 2. The van der Waals surface area contributed by atoms with E-state index in [4.69, 9.17) is 4.98 Å². The monoisotopic (exact) mass is 293 g/mol. The lowest BCUT2D eigenvalue weighted by Gasteiger charge is -2.37. The van der Waals surface area contributed by atoms with Crippen molar-refractivity contribution in [2.24, 2.45) is 0 Å². The molecule has 0 spiro atoms. The van der Waals surface area contributed by atoms with Crippen molar-refractivity contribution in [1.82, 2.24) is 4.98 Å². The minimum Gasteiger partial charge on any atom is -0.248 e. The van der Waals surface area contributed by atoms with Crippen LogP contribution in [0.25, 0.3) is 17.0 Å². The Bertz CT molecular complexity index is 661. The van der Waals surface area contributed by atoms with Crippen LogP contribution in [0.1, 0.15) is 70.1 Å². The fraction of sp³-hybridized carbons (Fsp3) is 0.476. The molecule has 0 amide bonds. The Hall–Kier alpha value is -1.63. The SMILES string of the molecule is CCCCC1(CCCC)CC=Cc2nc3ccccc3cc21. The third-order valence-electron chi connectivity index (χ3n) is 5.13. The van der Waals surface area contributed by atoms with E-state index in [1.165, 1.54) is 61.6 Å². The Kier molecular flexibility index (Phi) is 4.61. The van der Waals surface area contributed by atoms with Crippen molar-refractivity contribution in [2.75, 3.05) is 0 Å². The predicted molar refractivity (Wildman–Crippen MR) is 96.1 cm³/mol. The summed E-state index contributed by atoms with van der Waals surface area (Å²) in [5.74, 6) is 0. The number of rotatable bonds is 6. The number of aromatic nitrogens is 1. The van der Waals surface area contributed by atoms with Gasteiger partial charge < -0.3 is 0 Å². The van der Waals surface area contributed by atoms with Gasteiger partial charge in [0.1, 0.15) is 0 Å². The topological polar surface area (TPSA) is 12.9 Å². The van der Waals surface area contributed by atoms with Crippen LogP contribution >= 0.6 is 0 Å². The van der Waals surface area contributed by atoms with Crippen LogP contribution in [-0.4, -0.2) is 4.98 Å². The number of unbranched alkanes of at least 4 members (excludes halogenated alkanes) is 2. The van der Waals surface area contributed by atoms with Crippen LogP contribution in [0.5, 0.6) is 0 Å². The first kappa shape index (κ1) is 15.3. The van der Waals surface area contributed by atoms with Crippen LogP contribution < -0.4 is 0 Å². The molecule has 22 heavy (non-hydrogen) atoms. The molecule has 1 aromatic carbocycles. The fourth-order valence-electron chi connectivity index (χ4n) is 3.82. The summed E-state index contributed by atoms with van der Waals surface area (Å²) in [7, 11) is 0. The molecule has 0 unspecified atom stereocenters. The fourth-order valence-corrected chi connectivity index (χ4v) is 3.82. The molecule has 1 aliphatic rings. The van der Waals surface area contributed by atoms with Crippen LogP contribution in [-0.2, 0) is 5.41 Å². The van der Waals surface area contributed by atoms with E-state index in [-0.39, 0.29) is 0 Å². The number of allylic oxidation sites excluding steroid dienone is 1. The van der Waals surface area contributed by atoms with E-state index in [2.05, 4.69) is 56.3 Å². The highest BCUT2D eigenvalue weighted by Gasteiger charge is 2.34. The van der Waals surface area contributed by atoms with Crippen molar-refractivity contribution in [3.8, 4) is 0 Å². The maximum absolute atomic E-state index is 4.94. The van der Waals surface area contributed by atoms with Gasteiger partial charge in [-0.2, -0.15) is 0 Å². The highest BCUT2D eigenvalue weighted by Crippen LogP contribution is 2.44. The molecular weight excluding hydrogens is 266 g/mol. The molecule has 1 aliphatic carbocycles. The second-order valence-corrected chi connectivity index (χ2v) is 6.71. The lowest BCUT2D eigenvalue weighted by molar-refractivity contribution is 0.341. The van der Waals surface area contributed by atoms with Gasteiger partial charge in [0.15, 0.2) is 0 Å². The van der Waals surface area contributed by atoms with Gasteiger partial charge in [-0.1, -0.05) is 63.8 Å². The van der Waals surface area contributed by atoms with E-state index in [1.54, 1.807) is 0 Å². The third-order valence-corrected chi connectivity index (χ3v) is 5.13. The van der Waals surface area contributed by atoms with E-state index in [9.17, 15) is 0 Å². The summed E-state index contributed by atoms with van der Waals surface area (Å²) in [4.78, 5) is 4.94. The number of benzene rings is 1. The summed E-state index contributed by atoms with van der Waals surface area (Å²) < 4.78 is 0. The molecule has 0 saturated carbocycles. The average Bonchev–Trinajstić information content (AvgIpc) is 2.57. The van der Waals surface area contributed by atoms with Gasteiger partial charge in [0.25, 0.3) is 0 Å². The summed E-state index contributed by atoms with van der Waals surface area (Å²) >= 11 is 0. The zero-order chi connectivity index (χ0) is 15.4. The van der Waals surface area contributed by atoms with Crippen molar-refractivity contribution >= 4 is 17.0 Å². The van der Waals surface area contributed by atoms with E-state index >= 15 is 0 Å². The molecule has 1 heteroatoms. The first-order valence-electron chi connectivity index (χ1n) is 8.86. The van der Waals surface area contributed by atoms with Gasteiger partial charge in [0, 0.05) is 10.8 Å². The number of hydrogen-bond donors (Lipinski definition) is 0. The lowest BCUT2D eigenvalue weighted by atomic mass is 9.67. The molecule has 1 aromatic heterocycles. The van der Waals surface area contributed by atoms with Gasteiger partial charge >= 0.3 is 0 Å². The smallest absolute Gasteiger partial charge is 0.0709 e. The summed E-state index contributed by atoms with van der Waals surface area (Å²) in [6, 6.07) is 10.9. The molecule has 2 aromatic rings. The van der Waals surface area contributed by atoms with Crippen LogP contribution in [0.3, 0.4) is 0 Å². The quantitative estimate of drug-likeness (QED) is 0.611. The lowest BCUT2D eigenvalue weighted by Crippen LogP contribution is -2.29. The van der Waals surface area contributed by atoms with Gasteiger partial charge in [0.05, 0.1) is 11.2 Å². The Morgan fingerprint density at radius 3 is 2.50 bits per heavy atom. The molecule has 116 valence electrons. The van der Waals surface area contributed by atoms with E-state index < -0.39 is 0 Å². The number of pyridine rings is 1. The summed E-state index contributed by atoms with van der Waals surface area (Å²) in [6.07, 6.45) is 13.5. The Labute approximate surface area is 134 Å². The highest BCUT2D eigenvalue weighted by molar-refractivity contribution is 5.81. The first-order valence-corrected chi connectivity index (χ1v) is 8.86. The Balaban J connectivity index is 2.09. The van der Waals surface area contributed by atoms with E-state index in [1.807, 2.05) is 0 Å². The normalized spacial score (nSPS) is 15.9. The van der Waals surface area contributed by atoms with Crippen LogP contribution in [0.4, 0.5) is 0 Å². The highest BCUT2D eigenvalue weighted by atomic mass is 14.7. The van der Waals surface area contributed by atoms with Gasteiger partial charge in [-0.15, -0.1) is 0 Å². The number of nitrogens with zero attached hydrogens (tertiary/aromatic N) is 1. The molecule has 0 bridgehead atoms. The molecule has 0 aliphatic heterocycles. The average molecular weight is 293 g/mol. The van der Waals surface area contributed by atoms with Gasteiger partial charge in [-0.25, -0.2) is 4.98 Å². The Morgan fingerprint density at radius 1 is 1.05 bits per heavy atom. The van der Waals surface area contributed by atoms with Gasteiger partial charge in [0.2, 0.25) is 0 Å². The summed E-state index contributed by atoms with van der Waals surface area (Å²) in [5, 5.41) is 1.29. The van der Waals surface area contributed by atoms with Crippen molar-refractivity contribution in [3.63, 3.8) is 0 Å². The number of hydrogen-bond acceptors (Lipinski definition) is 1. The molecule has 1 heterocycles. The Morgan fingerprint density at radius 2 is 1.77 bits per heavy atom. The largest absolute Gasteiger partial charge is 0.248 e. The maximum Gasteiger partial charge on any atom is 0.0709 e. The molecule has 0 N–H and O–H groups in total. The standard InChI is InChI=1S/C21H27N/c1-3-5-13-21(14-6-4-2)15-9-12-20-18(21)16-17-10-7-8-11-19(17)22-20/h7-12,16H,3-6,13-15H2,1-2H3. The molecule has 1 nitrogen and oxygen atoms in total. The molecule has 0 atom stereocenters. The third kappa shape index (κ3) is 2.82. The summed E-state index contributed by atoms with van der Waals surface area (Å²) in [5.41, 5.74) is 4.13. The second kappa shape index (κ2) is 6.64. The van der Waals surface area contributed by atoms with Gasteiger partial charge in [-0.05, 0) is 43.0 Å². The minimum atomic E-state index is 0.313. The molecule has 3 rings (SSSR count). The first-order chi connectivity index (χ1) is 10.8. The van der Waals surface area contributed by atoms with Crippen LogP contribution in [0.2, 0.25) is 0 Å². The zero-order valence-corrected chi connectivity index (χ0v) is 13.9. The van der Waals surface area contributed by atoms with Crippen molar-refractivity contribution in [1.29, 1.82) is 0 Å². The minimum absolute atomic E-state index is 0.313. The second-order valence-electron chi connectivity index (χ2n) is 6.71. The van der Waals surface area contributed by atoms with Crippen molar-refractivity contribution in [2.45, 2.75) is 64.2 Å². The van der Waals surface area contributed by atoms with Gasteiger partial charge in [-0.3, -0.25) is 0 Å². The van der Waals surface area contributed by atoms with Crippen molar-refractivity contribution in [3.05, 3.63) is 47.7 Å². The number of para-hydroxylation sites is 1. The van der Waals surface area contributed by atoms with E-state index in [0.29, 0.717) is 5.41 Å². The van der Waals surface area contributed by atoms with E-state index in [0.717, 1.165) is 5.52 Å². The molecule has 0 saturated heterocycles. The molecular formula is C21H27N. The maximum atomic E-state index is 4.94.